The fourth-order valence-corrected chi connectivity index (χ4v) is 4.16. The van der Waals surface area contributed by atoms with Crippen molar-refractivity contribution in [3.05, 3.63) is 106 Å². The first kappa shape index (κ1) is 17.5. The van der Waals surface area contributed by atoms with Gasteiger partial charge in [-0.05, 0) is 34.9 Å². The molecule has 6 aromatic rings. The molecule has 148 valence electrons. The molecular weight excluding hydrogens is 388 g/mol. The molecule has 6 rings (SSSR count). The lowest BCUT2D eigenvalue weighted by molar-refractivity contribution is 0.670. The Morgan fingerprint density at radius 2 is 1.35 bits per heavy atom. The Hall–Kier alpha value is -4.38. The highest BCUT2D eigenvalue weighted by Gasteiger charge is 2.12. The van der Waals surface area contributed by atoms with Gasteiger partial charge in [-0.15, -0.1) is 0 Å². The van der Waals surface area contributed by atoms with Crippen LogP contribution in [0.15, 0.2) is 98.9 Å². The molecule has 5 heteroatoms. The van der Waals surface area contributed by atoms with E-state index in [1.54, 1.807) is 12.1 Å². The van der Waals surface area contributed by atoms with Crippen LogP contribution >= 0.6 is 0 Å². The Balaban J connectivity index is 1.46. The van der Waals surface area contributed by atoms with Crippen molar-refractivity contribution < 1.29 is 4.42 Å². The zero-order valence-electron chi connectivity index (χ0n) is 16.3. The Morgan fingerprint density at radius 1 is 0.613 bits per heavy atom. The third-order valence-corrected chi connectivity index (χ3v) is 5.67. The molecule has 0 amide bonds. The van der Waals surface area contributed by atoms with E-state index in [-0.39, 0.29) is 0 Å². The van der Waals surface area contributed by atoms with Gasteiger partial charge in [0.15, 0.2) is 0 Å². The number of furan rings is 1. The summed E-state index contributed by atoms with van der Waals surface area (Å²) in [5.41, 5.74) is 5.34. The van der Waals surface area contributed by atoms with Crippen LogP contribution in [-0.2, 0) is 0 Å². The van der Waals surface area contributed by atoms with Gasteiger partial charge in [0, 0.05) is 16.3 Å². The molecule has 0 spiro atoms. The summed E-state index contributed by atoms with van der Waals surface area (Å²) in [6, 6.07) is 27.8. The van der Waals surface area contributed by atoms with Crippen molar-refractivity contribution in [1.29, 1.82) is 0 Å². The molecule has 2 heterocycles. The summed E-state index contributed by atoms with van der Waals surface area (Å²) in [5, 5.41) is 2.66. The summed E-state index contributed by atoms with van der Waals surface area (Å²) >= 11 is 0. The molecular formula is C26H16N2O3. The molecule has 0 aliphatic rings. The standard InChI is InChI=1S/C26H16N2O3/c29-25-21-14-17(12-13-22(21)27-26(30)28-25)15-8-10-16(11-9-15)18-5-3-6-20-19-4-1-2-7-23(19)31-24(18)20/h1-14H,(H2,27,28,29,30). The summed E-state index contributed by atoms with van der Waals surface area (Å²) in [7, 11) is 0. The number of rotatable bonds is 2. The summed E-state index contributed by atoms with van der Waals surface area (Å²) in [5.74, 6) is 0. The molecule has 0 fully saturated rings. The number of nitrogens with one attached hydrogen (secondary N) is 2. The zero-order valence-corrected chi connectivity index (χ0v) is 16.3. The van der Waals surface area contributed by atoms with Crippen LogP contribution in [-0.4, -0.2) is 9.97 Å². The van der Waals surface area contributed by atoms with Crippen molar-refractivity contribution in [2.45, 2.75) is 0 Å². The van der Waals surface area contributed by atoms with E-state index in [1.165, 1.54) is 0 Å². The number of benzene rings is 4. The van der Waals surface area contributed by atoms with E-state index in [1.807, 2.05) is 42.5 Å². The summed E-state index contributed by atoms with van der Waals surface area (Å²) < 4.78 is 6.16. The molecule has 0 aliphatic heterocycles. The molecule has 5 nitrogen and oxygen atoms in total. The van der Waals surface area contributed by atoms with Gasteiger partial charge in [-0.1, -0.05) is 66.7 Å². The fourth-order valence-electron chi connectivity index (χ4n) is 4.16. The molecule has 0 bridgehead atoms. The minimum absolute atomic E-state index is 0.395. The van der Waals surface area contributed by atoms with E-state index < -0.39 is 11.2 Å². The lowest BCUT2D eigenvalue weighted by Crippen LogP contribution is -2.21. The molecule has 0 radical (unpaired) electrons. The zero-order chi connectivity index (χ0) is 20.9. The molecule has 2 N–H and O–H groups in total. The number of hydrogen-bond donors (Lipinski definition) is 2. The molecule has 2 aromatic heterocycles. The Morgan fingerprint density at radius 3 is 2.23 bits per heavy atom. The highest BCUT2D eigenvalue weighted by Crippen LogP contribution is 2.36. The summed E-state index contributed by atoms with van der Waals surface area (Å²) in [4.78, 5) is 28.5. The van der Waals surface area contributed by atoms with Crippen LogP contribution in [0.1, 0.15) is 0 Å². The van der Waals surface area contributed by atoms with E-state index in [2.05, 4.69) is 40.3 Å². The highest BCUT2D eigenvalue weighted by atomic mass is 16.3. The molecule has 31 heavy (non-hydrogen) atoms. The molecule has 0 saturated carbocycles. The lowest BCUT2D eigenvalue weighted by atomic mass is 9.98. The van der Waals surface area contributed by atoms with Gasteiger partial charge in [-0.3, -0.25) is 9.78 Å². The van der Waals surface area contributed by atoms with Crippen molar-refractivity contribution in [2.75, 3.05) is 0 Å². The Kier molecular flexibility index (Phi) is 3.70. The second kappa shape index (κ2) is 6.57. The Bertz CT molecular complexity index is 1720. The van der Waals surface area contributed by atoms with Crippen molar-refractivity contribution in [2.24, 2.45) is 0 Å². The van der Waals surface area contributed by atoms with Gasteiger partial charge in [0.1, 0.15) is 11.2 Å². The number of para-hydroxylation sites is 2. The van der Waals surface area contributed by atoms with Crippen molar-refractivity contribution in [3.63, 3.8) is 0 Å². The third kappa shape index (κ3) is 2.79. The maximum absolute atomic E-state index is 12.1. The normalized spacial score (nSPS) is 11.5. The van der Waals surface area contributed by atoms with Crippen LogP contribution in [0, 0.1) is 0 Å². The predicted molar refractivity (Wildman–Crippen MR) is 123 cm³/mol. The van der Waals surface area contributed by atoms with E-state index in [0.717, 1.165) is 44.2 Å². The van der Waals surface area contributed by atoms with E-state index >= 15 is 0 Å². The van der Waals surface area contributed by atoms with E-state index in [9.17, 15) is 9.59 Å². The SMILES string of the molecule is O=c1[nH]c(=O)c2cc(-c3ccc(-c4cccc5c4oc4ccccc45)cc3)ccc2[nH]1. The Labute approximate surface area is 175 Å². The van der Waals surface area contributed by atoms with Gasteiger partial charge in [0.05, 0.1) is 10.9 Å². The molecule has 4 aromatic carbocycles. The average molecular weight is 404 g/mol. The number of aromatic nitrogens is 2. The van der Waals surface area contributed by atoms with Gasteiger partial charge >= 0.3 is 5.69 Å². The predicted octanol–water partition coefficient (Wildman–Crippen LogP) is 5.45. The van der Waals surface area contributed by atoms with Gasteiger partial charge in [0.2, 0.25) is 0 Å². The molecule has 0 saturated heterocycles. The van der Waals surface area contributed by atoms with Crippen molar-refractivity contribution in [3.8, 4) is 22.3 Å². The topological polar surface area (TPSA) is 78.9 Å². The lowest BCUT2D eigenvalue weighted by Gasteiger charge is -2.07. The smallest absolute Gasteiger partial charge is 0.326 e. The summed E-state index contributed by atoms with van der Waals surface area (Å²) in [6.07, 6.45) is 0. The first-order valence-corrected chi connectivity index (χ1v) is 9.95. The average Bonchev–Trinajstić information content (AvgIpc) is 3.18. The van der Waals surface area contributed by atoms with Crippen LogP contribution in [0.25, 0.3) is 55.1 Å². The minimum atomic E-state index is -0.505. The van der Waals surface area contributed by atoms with Gasteiger partial charge in [-0.25, -0.2) is 4.79 Å². The number of hydrogen-bond acceptors (Lipinski definition) is 3. The van der Waals surface area contributed by atoms with E-state index in [0.29, 0.717) is 10.9 Å². The van der Waals surface area contributed by atoms with E-state index in [4.69, 9.17) is 4.42 Å². The van der Waals surface area contributed by atoms with Crippen molar-refractivity contribution >= 4 is 32.8 Å². The number of aromatic amines is 2. The molecule has 0 atom stereocenters. The van der Waals surface area contributed by atoms with Crippen LogP contribution in [0.4, 0.5) is 0 Å². The van der Waals surface area contributed by atoms with Crippen LogP contribution < -0.4 is 11.2 Å². The maximum atomic E-state index is 12.1. The van der Waals surface area contributed by atoms with Gasteiger partial charge in [-0.2, -0.15) is 0 Å². The third-order valence-electron chi connectivity index (χ3n) is 5.67. The van der Waals surface area contributed by atoms with Crippen LogP contribution in [0.5, 0.6) is 0 Å². The van der Waals surface area contributed by atoms with Gasteiger partial charge in [0.25, 0.3) is 5.56 Å². The van der Waals surface area contributed by atoms with Gasteiger partial charge < -0.3 is 9.40 Å². The first-order chi connectivity index (χ1) is 15.2. The number of H-pyrrole nitrogens is 2. The minimum Gasteiger partial charge on any atom is -0.455 e. The largest absolute Gasteiger partial charge is 0.455 e. The fraction of sp³-hybridized carbons (Fsp3) is 0. The second-order valence-electron chi connectivity index (χ2n) is 7.53. The number of fused-ring (bicyclic) bond motifs is 4. The first-order valence-electron chi connectivity index (χ1n) is 9.95. The monoisotopic (exact) mass is 404 g/mol. The van der Waals surface area contributed by atoms with Crippen LogP contribution in [0.3, 0.4) is 0 Å². The van der Waals surface area contributed by atoms with Crippen LogP contribution in [0.2, 0.25) is 0 Å². The quantitative estimate of drug-likeness (QED) is 0.403. The molecule has 0 aliphatic carbocycles. The highest BCUT2D eigenvalue weighted by molar-refractivity contribution is 6.09. The maximum Gasteiger partial charge on any atom is 0.326 e. The molecule has 0 unspecified atom stereocenters. The second-order valence-corrected chi connectivity index (χ2v) is 7.53. The van der Waals surface area contributed by atoms with Crippen molar-refractivity contribution in [1.82, 2.24) is 9.97 Å². The summed E-state index contributed by atoms with van der Waals surface area (Å²) in [6.45, 7) is 0.